The lowest BCUT2D eigenvalue weighted by atomic mass is 9.92. The Balaban J connectivity index is 1.33. The molecule has 2 aromatic heterocycles. The number of methoxy groups -OCH3 is 1. The van der Waals surface area contributed by atoms with Crippen LogP contribution in [0, 0.1) is 23.5 Å². The zero-order valence-electron chi connectivity index (χ0n) is 19.4. The number of benzene rings is 1. The standard InChI is InChI=1S/C24H28F2N6O2/c1-14(2)32-24(34-19-6-4-5-18(25)21(19)26)29-23(30-32)28-22-15-7-8-16(22)13-31(12-15)17-9-10-27-20(11-17)33-3/h4-6,9-11,14-16,22H,7-8,12-13H2,1-3H3,(H,28,30)/t15-,16+,22?. The van der Waals surface area contributed by atoms with E-state index in [-0.39, 0.29) is 23.8 Å². The third-order valence-electron chi connectivity index (χ3n) is 6.63. The highest BCUT2D eigenvalue weighted by Crippen LogP contribution is 2.40. The molecule has 2 fully saturated rings. The largest absolute Gasteiger partial charge is 0.481 e. The number of halogens is 2. The molecule has 0 amide bonds. The molecule has 34 heavy (non-hydrogen) atoms. The summed E-state index contributed by atoms with van der Waals surface area (Å²) in [5.74, 6) is -0.350. The van der Waals surface area contributed by atoms with Crippen molar-refractivity contribution in [3.8, 4) is 17.6 Å². The number of anilines is 2. The zero-order valence-corrected chi connectivity index (χ0v) is 19.4. The smallest absolute Gasteiger partial charge is 0.322 e. The maximum Gasteiger partial charge on any atom is 0.322 e. The summed E-state index contributed by atoms with van der Waals surface area (Å²) in [7, 11) is 1.62. The number of rotatable bonds is 7. The molecule has 0 spiro atoms. The van der Waals surface area contributed by atoms with Gasteiger partial charge in [-0.25, -0.2) is 14.1 Å². The van der Waals surface area contributed by atoms with Crippen molar-refractivity contribution in [2.24, 2.45) is 11.8 Å². The van der Waals surface area contributed by atoms with Gasteiger partial charge in [-0.1, -0.05) is 6.07 Å². The van der Waals surface area contributed by atoms with Gasteiger partial charge in [0.1, 0.15) is 0 Å². The lowest BCUT2D eigenvalue weighted by Crippen LogP contribution is -2.48. The molecule has 1 saturated heterocycles. The molecule has 0 radical (unpaired) electrons. The lowest BCUT2D eigenvalue weighted by molar-refractivity contribution is 0.352. The van der Waals surface area contributed by atoms with Gasteiger partial charge in [0.25, 0.3) is 0 Å². The van der Waals surface area contributed by atoms with Gasteiger partial charge in [-0.05, 0) is 56.7 Å². The maximum atomic E-state index is 14.1. The monoisotopic (exact) mass is 470 g/mol. The van der Waals surface area contributed by atoms with E-state index in [1.54, 1.807) is 18.0 Å². The highest BCUT2D eigenvalue weighted by Gasteiger charge is 2.42. The molecule has 1 aliphatic heterocycles. The molecule has 1 N–H and O–H groups in total. The Morgan fingerprint density at radius 3 is 2.59 bits per heavy atom. The van der Waals surface area contributed by atoms with E-state index in [9.17, 15) is 8.78 Å². The van der Waals surface area contributed by atoms with Gasteiger partial charge < -0.3 is 19.7 Å². The highest BCUT2D eigenvalue weighted by molar-refractivity contribution is 5.49. The van der Waals surface area contributed by atoms with Crippen LogP contribution in [-0.4, -0.2) is 46.0 Å². The third-order valence-corrected chi connectivity index (χ3v) is 6.63. The quantitative estimate of drug-likeness (QED) is 0.538. The number of fused-ring (bicyclic) bond motifs is 2. The lowest BCUT2D eigenvalue weighted by Gasteiger charge is -2.39. The van der Waals surface area contributed by atoms with E-state index in [1.165, 1.54) is 12.1 Å². The Kier molecular flexibility index (Phi) is 5.97. The molecule has 10 heteroatoms. The summed E-state index contributed by atoms with van der Waals surface area (Å²) >= 11 is 0. The van der Waals surface area contributed by atoms with Crippen molar-refractivity contribution in [3.05, 3.63) is 48.2 Å². The van der Waals surface area contributed by atoms with E-state index < -0.39 is 11.6 Å². The van der Waals surface area contributed by atoms with Crippen LogP contribution in [0.1, 0.15) is 32.7 Å². The van der Waals surface area contributed by atoms with Crippen LogP contribution in [0.5, 0.6) is 17.6 Å². The second kappa shape index (κ2) is 9.08. The number of nitrogens with one attached hydrogen (secondary N) is 1. The summed E-state index contributed by atoms with van der Waals surface area (Å²) in [4.78, 5) is 11.1. The first kappa shape index (κ1) is 22.4. The van der Waals surface area contributed by atoms with E-state index >= 15 is 0 Å². The fourth-order valence-corrected chi connectivity index (χ4v) is 4.96. The molecule has 2 bridgehead atoms. The first-order chi connectivity index (χ1) is 16.4. The predicted octanol–water partition coefficient (Wildman–Crippen LogP) is 4.66. The molecule has 3 atom stereocenters. The summed E-state index contributed by atoms with van der Waals surface area (Å²) in [5.41, 5.74) is 1.11. The summed E-state index contributed by atoms with van der Waals surface area (Å²) in [5, 5.41) is 8.07. The number of hydrogen-bond donors (Lipinski definition) is 1. The molecular weight excluding hydrogens is 442 g/mol. The number of piperidine rings is 1. The highest BCUT2D eigenvalue weighted by atomic mass is 19.2. The Hall–Kier alpha value is -3.43. The van der Waals surface area contributed by atoms with Crippen molar-refractivity contribution in [2.45, 2.75) is 38.8 Å². The molecule has 3 heterocycles. The van der Waals surface area contributed by atoms with E-state index in [0.717, 1.165) is 37.7 Å². The Bertz CT molecular complexity index is 1160. The van der Waals surface area contributed by atoms with Crippen molar-refractivity contribution in [3.63, 3.8) is 0 Å². The van der Waals surface area contributed by atoms with Gasteiger partial charge in [-0.15, -0.1) is 5.10 Å². The summed E-state index contributed by atoms with van der Waals surface area (Å²) in [6.45, 7) is 5.67. The van der Waals surface area contributed by atoms with Gasteiger partial charge >= 0.3 is 6.01 Å². The minimum absolute atomic E-state index is 0.0742. The normalized spacial score (nSPS) is 21.7. The number of pyridine rings is 1. The molecule has 1 aromatic carbocycles. The average Bonchev–Trinajstić information content (AvgIpc) is 3.32. The minimum atomic E-state index is -1.05. The fourth-order valence-electron chi connectivity index (χ4n) is 4.96. The maximum absolute atomic E-state index is 14.1. The van der Waals surface area contributed by atoms with E-state index in [4.69, 9.17) is 9.47 Å². The van der Waals surface area contributed by atoms with Gasteiger partial charge in [0, 0.05) is 37.1 Å². The van der Waals surface area contributed by atoms with Crippen LogP contribution >= 0.6 is 0 Å². The Morgan fingerprint density at radius 1 is 1.12 bits per heavy atom. The van der Waals surface area contributed by atoms with Crippen molar-refractivity contribution < 1.29 is 18.3 Å². The first-order valence-corrected chi connectivity index (χ1v) is 11.5. The topological polar surface area (TPSA) is 77.3 Å². The average molecular weight is 471 g/mol. The van der Waals surface area contributed by atoms with Gasteiger partial charge in [-0.3, -0.25) is 0 Å². The van der Waals surface area contributed by atoms with Gasteiger partial charge in [0.05, 0.1) is 13.2 Å². The van der Waals surface area contributed by atoms with E-state index in [0.29, 0.717) is 23.7 Å². The van der Waals surface area contributed by atoms with Gasteiger partial charge in [0.2, 0.25) is 17.6 Å². The molecule has 8 nitrogen and oxygen atoms in total. The molecule has 180 valence electrons. The Labute approximate surface area is 196 Å². The number of nitrogens with zero attached hydrogens (tertiary/aromatic N) is 5. The SMILES string of the molecule is COc1cc(N2C[C@H]3CC[C@@H](C2)C3Nc2nc(Oc3cccc(F)c3F)n(C(C)C)n2)ccn1. The fraction of sp³-hybridized carbons (Fsp3) is 0.458. The zero-order chi connectivity index (χ0) is 23.8. The summed E-state index contributed by atoms with van der Waals surface area (Å²) < 4.78 is 40.2. The number of hydrogen-bond acceptors (Lipinski definition) is 7. The van der Waals surface area contributed by atoms with Crippen LogP contribution in [0.3, 0.4) is 0 Å². The third kappa shape index (κ3) is 4.24. The van der Waals surface area contributed by atoms with Crippen LogP contribution < -0.4 is 19.7 Å². The predicted molar refractivity (Wildman–Crippen MR) is 123 cm³/mol. The van der Waals surface area contributed by atoms with Crippen LogP contribution in [0.15, 0.2) is 36.5 Å². The second-order valence-electron chi connectivity index (χ2n) is 9.14. The van der Waals surface area contributed by atoms with Crippen molar-refractivity contribution in [1.29, 1.82) is 0 Å². The van der Waals surface area contributed by atoms with Crippen LogP contribution in [-0.2, 0) is 0 Å². The molecule has 1 unspecified atom stereocenters. The van der Waals surface area contributed by atoms with Crippen LogP contribution in [0.25, 0.3) is 0 Å². The number of ether oxygens (including phenoxy) is 2. The Morgan fingerprint density at radius 2 is 1.88 bits per heavy atom. The molecule has 5 rings (SSSR count). The molecule has 1 saturated carbocycles. The molecule has 3 aromatic rings. The van der Waals surface area contributed by atoms with Crippen molar-refractivity contribution in [2.75, 3.05) is 30.4 Å². The molecule has 2 aliphatic rings. The number of aromatic nitrogens is 4. The summed E-state index contributed by atoms with van der Waals surface area (Å²) in [6.07, 6.45) is 4.00. The van der Waals surface area contributed by atoms with Crippen LogP contribution in [0.4, 0.5) is 20.4 Å². The molecular formula is C24H28F2N6O2. The second-order valence-corrected chi connectivity index (χ2v) is 9.14. The summed E-state index contributed by atoms with van der Waals surface area (Å²) in [6, 6.07) is 8.06. The van der Waals surface area contributed by atoms with E-state index in [2.05, 4.69) is 25.3 Å². The first-order valence-electron chi connectivity index (χ1n) is 11.5. The minimum Gasteiger partial charge on any atom is -0.481 e. The van der Waals surface area contributed by atoms with Crippen LogP contribution in [0.2, 0.25) is 0 Å². The van der Waals surface area contributed by atoms with Gasteiger partial charge in [0.15, 0.2) is 11.6 Å². The van der Waals surface area contributed by atoms with E-state index in [1.807, 2.05) is 26.0 Å². The van der Waals surface area contributed by atoms with Crippen molar-refractivity contribution >= 4 is 11.6 Å². The molecule has 1 aliphatic carbocycles. The van der Waals surface area contributed by atoms with Gasteiger partial charge in [-0.2, -0.15) is 9.37 Å². The van der Waals surface area contributed by atoms with Crippen molar-refractivity contribution in [1.82, 2.24) is 19.7 Å².